The van der Waals surface area contributed by atoms with Crippen LogP contribution in [0, 0.1) is 0 Å². The average molecular weight is 949 g/mol. The zero-order valence-electron chi connectivity index (χ0n) is 37.2. The molecule has 13 nitrogen and oxygen atoms in total. The summed E-state index contributed by atoms with van der Waals surface area (Å²) in [6.45, 7) is 8.91. The van der Waals surface area contributed by atoms with Crippen LogP contribution in [0.1, 0.15) is 67.7 Å². The Balaban J connectivity index is 0.000000247. The molecule has 0 unspecified atom stereocenters. The summed E-state index contributed by atoms with van der Waals surface area (Å²) in [4.78, 5) is 37.6. The van der Waals surface area contributed by atoms with E-state index >= 15 is 0 Å². The summed E-state index contributed by atoms with van der Waals surface area (Å²) in [7, 11) is 1.50. The van der Waals surface area contributed by atoms with Crippen molar-refractivity contribution in [1.29, 1.82) is 0 Å². The lowest BCUT2D eigenvalue weighted by atomic mass is 10.2. The molecule has 0 fully saturated rings. The molecule has 0 bridgehead atoms. The number of aromatic nitrogens is 2. The first-order chi connectivity index (χ1) is 31.8. The molecular formula is C52H55Cl2N5O8. The molecule has 2 N–H and O–H groups in total. The highest BCUT2D eigenvalue weighted by molar-refractivity contribution is 6.32. The van der Waals surface area contributed by atoms with Gasteiger partial charge in [-0.1, -0.05) is 116 Å². The number of benzene rings is 6. The fraction of sp³-hybridized carbons (Fsp3) is 0.231. The number of nitrogens with zero attached hydrogens (tertiary/aromatic N) is 3. The Hall–Kier alpha value is -7.22. The maximum absolute atomic E-state index is 12.8. The van der Waals surface area contributed by atoms with E-state index < -0.39 is 17.7 Å². The maximum Gasteiger partial charge on any atom is 0.437 e. The summed E-state index contributed by atoms with van der Waals surface area (Å²) in [5, 5.41) is 8.81. The van der Waals surface area contributed by atoms with Gasteiger partial charge in [-0.05, 0) is 111 Å². The second kappa shape index (κ2) is 24.9. The Morgan fingerprint density at radius 1 is 0.672 bits per heavy atom. The number of ether oxygens (including phenoxy) is 4. The molecule has 7 aromatic rings. The van der Waals surface area contributed by atoms with Gasteiger partial charge >= 0.3 is 11.8 Å². The minimum atomic E-state index is -0.547. The molecule has 0 aliphatic heterocycles. The largest absolute Gasteiger partial charge is 0.489 e. The van der Waals surface area contributed by atoms with Gasteiger partial charge in [0.05, 0.1) is 35.3 Å². The molecule has 15 heteroatoms. The number of hydrazine groups is 1. The Bertz CT molecular complexity index is 2750. The highest BCUT2D eigenvalue weighted by Gasteiger charge is 2.19. The van der Waals surface area contributed by atoms with E-state index in [4.69, 9.17) is 46.6 Å². The molecular weight excluding hydrogens is 894 g/mol. The summed E-state index contributed by atoms with van der Waals surface area (Å²) in [6, 6.07) is 44.2. The number of rotatable bonds is 16. The van der Waals surface area contributed by atoms with E-state index in [2.05, 4.69) is 15.8 Å². The quantitative estimate of drug-likeness (QED) is 0.0904. The lowest BCUT2D eigenvalue weighted by molar-refractivity contribution is 0.0818. The fourth-order valence-electron chi connectivity index (χ4n) is 6.29. The van der Waals surface area contributed by atoms with Crippen LogP contribution < -0.4 is 35.4 Å². The first-order valence-corrected chi connectivity index (χ1v) is 21.9. The Labute approximate surface area is 401 Å². The molecule has 0 aliphatic carbocycles. The molecule has 0 radical (unpaired) electrons. The van der Waals surface area contributed by atoms with Crippen molar-refractivity contribution in [1.82, 2.24) is 25.5 Å². The summed E-state index contributed by atoms with van der Waals surface area (Å²) in [5.74, 6) is 1.62. The summed E-state index contributed by atoms with van der Waals surface area (Å²) < 4.78 is 29.6. The van der Waals surface area contributed by atoms with E-state index in [-0.39, 0.29) is 38.6 Å². The summed E-state index contributed by atoms with van der Waals surface area (Å²) in [5.41, 5.74) is 7.33. The summed E-state index contributed by atoms with van der Waals surface area (Å²) in [6.07, 6.45) is -0.0451. The molecule has 0 saturated heterocycles. The van der Waals surface area contributed by atoms with E-state index in [1.165, 1.54) is 22.8 Å². The third-order valence-electron chi connectivity index (χ3n) is 9.37. The molecule has 6 aromatic carbocycles. The normalized spacial score (nSPS) is 10.6. The van der Waals surface area contributed by atoms with Gasteiger partial charge < -0.3 is 28.7 Å². The van der Waals surface area contributed by atoms with Crippen LogP contribution in [-0.4, -0.2) is 46.0 Å². The van der Waals surface area contributed by atoms with Crippen LogP contribution in [0.3, 0.4) is 0 Å². The molecule has 0 atom stereocenters. The van der Waals surface area contributed by atoms with Gasteiger partial charge in [-0.15, -0.1) is 5.10 Å². The predicted octanol–water partition coefficient (Wildman–Crippen LogP) is 11.4. The number of carbonyl (C=O) groups is 2. The molecule has 67 heavy (non-hydrogen) atoms. The standard InChI is InChI=1S/C26H28ClN3O4.C25H23ClN2O4.CH4/c1-18(2)34-24-13-12-21(15-23(24)27)25(31)29-30(26(32)28-3)16-20-10-7-11-22(14-20)33-17-19-8-5-4-6-9-19;1-17(2)31-23-12-11-20(14-22(23)26)24-27-28(25(29)32-24)15-19-9-6-10-21(13-19)30-16-18-7-4-3-5-8-18;/h4-15,18H,16-17H2,1-3H3,(H,28,32)(H,29,31);3-14,17H,15-16H2,1-2H3;1H4. The predicted molar refractivity (Wildman–Crippen MR) is 262 cm³/mol. The molecule has 350 valence electrons. The van der Waals surface area contributed by atoms with Gasteiger partial charge in [0.15, 0.2) is 0 Å². The van der Waals surface area contributed by atoms with Crippen LogP contribution in [0.25, 0.3) is 11.5 Å². The minimum absolute atomic E-state index is 0. The van der Waals surface area contributed by atoms with E-state index in [9.17, 15) is 14.4 Å². The van der Waals surface area contributed by atoms with Gasteiger partial charge in [-0.2, -0.15) is 4.68 Å². The molecule has 0 aliphatic rings. The van der Waals surface area contributed by atoms with Gasteiger partial charge in [0.2, 0.25) is 5.89 Å². The average Bonchev–Trinajstić information content (AvgIpc) is 3.68. The topological polar surface area (TPSA) is 146 Å². The first kappa shape index (κ1) is 50.8. The molecule has 7 rings (SSSR count). The SMILES string of the molecule is C.CC(C)Oc1ccc(-c2nn(Cc3cccc(OCc4ccccc4)c3)c(=O)o2)cc1Cl.CNC(=O)N(Cc1cccc(OCc2ccccc2)c1)NC(=O)c1ccc(OC(C)C)c(Cl)c1. The Morgan fingerprint density at radius 2 is 1.19 bits per heavy atom. The lowest BCUT2D eigenvalue weighted by Crippen LogP contribution is -2.49. The summed E-state index contributed by atoms with van der Waals surface area (Å²) >= 11 is 12.6. The van der Waals surface area contributed by atoms with Gasteiger partial charge in [0, 0.05) is 18.2 Å². The van der Waals surface area contributed by atoms with Gasteiger partial charge in [-0.3, -0.25) is 10.2 Å². The second-order valence-electron chi connectivity index (χ2n) is 15.4. The molecule has 0 spiro atoms. The van der Waals surface area contributed by atoms with Gasteiger partial charge in [0.25, 0.3) is 5.91 Å². The van der Waals surface area contributed by atoms with E-state index in [0.29, 0.717) is 51.6 Å². The third-order valence-corrected chi connectivity index (χ3v) is 9.96. The van der Waals surface area contributed by atoms with Crippen molar-refractivity contribution in [3.05, 3.63) is 194 Å². The molecule has 3 amide bonds. The third kappa shape index (κ3) is 15.4. The van der Waals surface area contributed by atoms with Crippen LogP contribution >= 0.6 is 23.2 Å². The van der Waals surface area contributed by atoms with Crippen molar-refractivity contribution in [2.75, 3.05) is 7.05 Å². The number of hydrogen-bond donors (Lipinski definition) is 2. The number of halogens is 2. The Morgan fingerprint density at radius 3 is 1.73 bits per heavy atom. The second-order valence-corrected chi connectivity index (χ2v) is 16.2. The van der Waals surface area contributed by atoms with Crippen molar-refractivity contribution in [2.24, 2.45) is 0 Å². The van der Waals surface area contributed by atoms with Crippen LogP contribution in [0.2, 0.25) is 10.0 Å². The lowest BCUT2D eigenvalue weighted by Gasteiger charge is -2.23. The number of urea groups is 1. The van der Waals surface area contributed by atoms with Crippen LogP contribution in [-0.2, 0) is 26.3 Å². The van der Waals surface area contributed by atoms with Crippen molar-refractivity contribution in [2.45, 2.75) is 73.6 Å². The highest BCUT2D eigenvalue weighted by Crippen LogP contribution is 2.30. The number of amides is 3. The van der Waals surface area contributed by atoms with Crippen LogP contribution in [0.4, 0.5) is 4.79 Å². The number of carbonyl (C=O) groups excluding carboxylic acids is 2. The minimum Gasteiger partial charge on any atom is -0.489 e. The zero-order chi connectivity index (χ0) is 47.0. The highest BCUT2D eigenvalue weighted by atomic mass is 35.5. The smallest absolute Gasteiger partial charge is 0.437 e. The van der Waals surface area contributed by atoms with Gasteiger partial charge in [0.1, 0.15) is 36.2 Å². The molecule has 0 saturated carbocycles. The molecule has 1 heterocycles. The zero-order valence-corrected chi connectivity index (χ0v) is 38.7. The van der Waals surface area contributed by atoms with E-state index in [1.807, 2.05) is 137 Å². The van der Waals surface area contributed by atoms with Crippen molar-refractivity contribution in [3.63, 3.8) is 0 Å². The number of nitrogens with one attached hydrogen (secondary N) is 2. The van der Waals surface area contributed by atoms with Gasteiger partial charge in [-0.25, -0.2) is 14.6 Å². The van der Waals surface area contributed by atoms with Crippen molar-refractivity contribution >= 4 is 35.1 Å². The molecule has 1 aromatic heterocycles. The number of hydrogen-bond acceptors (Lipinski definition) is 9. The van der Waals surface area contributed by atoms with Crippen LogP contribution in [0.15, 0.2) is 155 Å². The maximum atomic E-state index is 12.8. The first-order valence-electron chi connectivity index (χ1n) is 21.2. The van der Waals surface area contributed by atoms with E-state index in [0.717, 1.165) is 28.0 Å². The van der Waals surface area contributed by atoms with E-state index in [1.54, 1.807) is 30.3 Å². The fourth-order valence-corrected chi connectivity index (χ4v) is 6.74. The monoisotopic (exact) mass is 947 g/mol. The van der Waals surface area contributed by atoms with Crippen molar-refractivity contribution < 1.29 is 33.0 Å². The Kier molecular flexibility index (Phi) is 18.9. The van der Waals surface area contributed by atoms with Crippen molar-refractivity contribution in [3.8, 4) is 34.5 Å². The van der Waals surface area contributed by atoms with Crippen LogP contribution in [0.5, 0.6) is 23.0 Å².